The molecule has 1 fully saturated rings. The number of ether oxygens (including phenoxy) is 2. The molecule has 0 aliphatic carbocycles. The molecule has 0 bridgehead atoms. The van der Waals surface area contributed by atoms with Gasteiger partial charge in [-0.2, -0.15) is 0 Å². The Morgan fingerprint density at radius 1 is 1.47 bits per heavy atom. The largest absolute Gasteiger partial charge is 0.497 e. The lowest BCUT2D eigenvalue weighted by Crippen LogP contribution is -2.36. The lowest BCUT2D eigenvalue weighted by atomic mass is 10.1. The second kappa shape index (κ2) is 3.95. The Morgan fingerprint density at radius 2 is 2.35 bits per heavy atom. The molecule has 2 aliphatic rings. The maximum Gasteiger partial charge on any atom is 0.257 e. The zero-order valence-corrected chi connectivity index (χ0v) is 9.81. The van der Waals surface area contributed by atoms with Crippen LogP contribution in [0.3, 0.4) is 0 Å². The number of carbonyl (C=O) groups is 1. The normalized spacial score (nSPS) is 22.5. The molecule has 0 aromatic heterocycles. The number of hydrogen-bond acceptors (Lipinski definition) is 3. The van der Waals surface area contributed by atoms with Gasteiger partial charge in [-0.1, -0.05) is 0 Å². The summed E-state index contributed by atoms with van der Waals surface area (Å²) in [5.74, 6) is 1.45. The fourth-order valence-corrected chi connectivity index (χ4v) is 2.54. The van der Waals surface area contributed by atoms with Crippen molar-refractivity contribution >= 4 is 5.91 Å². The molecular weight excluding hydrogens is 218 g/mol. The first-order valence-electron chi connectivity index (χ1n) is 5.91. The van der Waals surface area contributed by atoms with Crippen molar-refractivity contribution in [1.29, 1.82) is 0 Å². The van der Waals surface area contributed by atoms with Gasteiger partial charge in [0.15, 0.2) is 0 Å². The van der Waals surface area contributed by atoms with E-state index in [4.69, 9.17) is 9.47 Å². The molecule has 3 rings (SSSR count). The Balaban J connectivity index is 2.01. The van der Waals surface area contributed by atoms with Gasteiger partial charge in [-0.15, -0.1) is 0 Å². The van der Waals surface area contributed by atoms with Crippen molar-refractivity contribution < 1.29 is 14.3 Å². The number of benzene rings is 1. The number of fused-ring (bicyclic) bond motifs is 2. The predicted octanol–water partition coefficient (Wildman–Crippen LogP) is 1.69. The van der Waals surface area contributed by atoms with Gasteiger partial charge in [0.2, 0.25) is 0 Å². The van der Waals surface area contributed by atoms with E-state index in [1.54, 1.807) is 25.3 Å². The summed E-state index contributed by atoms with van der Waals surface area (Å²) in [4.78, 5) is 14.3. The van der Waals surface area contributed by atoms with Crippen molar-refractivity contribution in [2.45, 2.75) is 18.9 Å². The summed E-state index contributed by atoms with van der Waals surface area (Å²) in [6.07, 6.45) is 2.11. The van der Waals surface area contributed by atoms with Crippen molar-refractivity contribution in [2.75, 3.05) is 20.3 Å². The first kappa shape index (κ1) is 10.4. The van der Waals surface area contributed by atoms with E-state index in [1.165, 1.54) is 0 Å². The lowest BCUT2D eigenvalue weighted by Gasteiger charge is -2.20. The highest BCUT2D eigenvalue weighted by atomic mass is 16.5. The molecular formula is C13H15NO3. The Bertz CT molecular complexity index is 458. The summed E-state index contributed by atoms with van der Waals surface area (Å²) >= 11 is 0. The second-order valence-corrected chi connectivity index (χ2v) is 4.47. The number of hydrogen-bond donors (Lipinski definition) is 0. The van der Waals surface area contributed by atoms with Crippen LogP contribution in [0.15, 0.2) is 18.2 Å². The van der Waals surface area contributed by atoms with E-state index in [0.717, 1.165) is 25.1 Å². The predicted molar refractivity (Wildman–Crippen MR) is 62.5 cm³/mol. The maximum atomic E-state index is 12.3. The zero-order valence-electron chi connectivity index (χ0n) is 9.81. The summed E-state index contributed by atoms with van der Waals surface area (Å²) in [6, 6.07) is 5.62. The van der Waals surface area contributed by atoms with Gasteiger partial charge in [-0.05, 0) is 25.0 Å². The molecule has 0 N–H and O–H groups in total. The van der Waals surface area contributed by atoms with Crippen LogP contribution in [0.4, 0.5) is 0 Å². The summed E-state index contributed by atoms with van der Waals surface area (Å²) in [5, 5.41) is 0. The minimum Gasteiger partial charge on any atom is -0.497 e. The van der Waals surface area contributed by atoms with Gasteiger partial charge in [0.25, 0.3) is 5.91 Å². The highest BCUT2D eigenvalue weighted by molar-refractivity contribution is 5.97. The molecule has 0 unspecified atom stereocenters. The van der Waals surface area contributed by atoms with Crippen LogP contribution in [0.5, 0.6) is 11.5 Å². The molecule has 0 spiro atoms. The lowest BCUT2D eigenvalue weighted by molar-refractivity contribution is 0.0726. The zero-order chi connectivity index (χ0) is 11.8. The van der Waals surface area contributed by atoms with Gasteiger partial charge in [-0.3, -0.25) is 4.79 Å². The van der Waals surface area contributed by atoms with Gasteiger partial charge < -0.3 is 14.4 Å². The van der Waals surface area contributed by atoms with Crippen molar-refractivity contribution in [3.63, 3.8) is 0 Å². The fourth-order valence-electron chi connectivity index (χ4n) is 2.54. The Kier molecular flexibility index (Phi) is 2.42. The number of rotatable bonds is 1. The highest BCUT2D eigenvalue weighted by Gasteiger charge is 2.34. The third-order valence-electron chi connectivity index (χ3n) is 3.49. The van der Waals surface area contributed by atoms with Gasteiger partial charge >= 0.3 is 0 Å². The quantitative estimate of drug-likeness (QED) is 0.741. The molecule has 1 aromatic carbocycles. The van der Waals surface area contributed by atoms with E-state index >= 15 is 0 Å². The molecule has 0 radical (unpaired) electrons. The first-order valence-corrected chi connectivity index (χ1v) is 5.91. The van der Waals surface area contributed by atoms with E-state index in [2.05, 4.69) is 0 Å². The summed E-state index contributed by atoms with van der Waals surface area (Å²) in [7, 11) is 1.61. The number of carbonyl (C=O) groups excluding carboxylic acids is 1. The molecule has 0 saturated carbocycles. The molecule has 1 saturated heterocycles. The summed E-state index contributed by atoms with van der Waals surface area (Å²) in [6.45, 7) is 1.43. The maximum absolute atomic E-state index is 12.3. The first-order chi connectivity index (χ1) is 8.29. The van der Waals surface area contributed by atoms with Crippen molar-refractivity contribution in [1.82, 2.24) is 4.90 Å². The van der Waals surface area contributed by atoms with Gasteiger partial charge in [0.1, 0.15) is 18.1 Å². The molecule has 4 heteroatoms. The Morgan fingerprint density at radius 3 is 3.18 bits per heavy atom. The fraction of sp³-hybridized carbons (Fsp3) is 0.462. The average molecular weight is 233 g/mol. The summed E-state index contributed by atoms with van der Waals surface area (Å²) in [5.41, 5.74) is 0.648. The molecule has 4 nitrogen and oxygen atoms in total. The van der Waals surface area contributed by atoms with Crippen LogP contribution in [0.1, 0.15) is 23.2 Å². The average Bonchev–Trinajstić information content (AvgIpc) is 2.79. The molecule has 1 atom stereocenters. The van der Waals surface area contributed by atoms with Crippen LogP contribution in [0, 0.1) is 0 Å². The highest BCUT2D eigenvalue weighted by Crippen LogP contribution is 2.32. The monoisotopic (exact) mass is 233 g/mol. The van der Waals surface area contributed by atoms with Crippen LogP contribution < -0.4 is 9.47 Å². The second-order valence-electron chi connectivity index (χ2n) is 4.47. The van der Waals surface area contributed by atoms with E-state index in [9.17, 15) is 4.79 Å². The number of amides is 1. The van der Waals surface area contributed by atoms with Gasteiger partial charge in [0, 0.05) is 12.6 Å². The van der Waals surface area contributed by atoms with E-state index in [0.29, 0.717) is 17.9 Å². The van der Waals surface area contributed by atoms with E-state index < -0.39 is 0 Å². The van der Waals surface area contributed by atoms with E-state index in [1.807, 2.05) is 4.90 Å². The minimum absolute atomic E-state index is 0.0858. The number of nitrogens with zero attached hydrogens (tertiary/aromatic N) is 1. The molecule has 2 aliphatic heterocycles. The molecule has 17 heavy (non-hydrogen) atoms. The van der Waals surface area contributed by atoms with Gasteiger partial charge in [0.05, 0.1) is 18.7 Å². The molecule has 1 aromatic rings. The SMILES string of the molecule is COc1ccc2c(c1)OC[C@@H]1CCCN1C2=O. The van der Waals surface area contributed by atoms with Crippen molar-refractivity contribution in [2.24, 2.45) is 0 Å². The number of methoxy groups -OCH3 is 1. The van der Waals surface area contributed by atoms with Crippen LogP contribution >= 0.6 is 0 Å². The molecule has 2 heterocycles. The molecule has 90 valence electrons. The Labute approximate surface area is 100 Å². The van der Waals surface area contributed by atoms with Crippen LogP contribution in [-0.2, 0) is 0 Å². The smallest absolute Gasteiger partial charge is 0.257 e. The van der Waals surface area contributed by atoms with Crippen molar-refractivity contribution in [3.05, 3.63) is 23.8 Å². The standard InChI is InChI=1S/C13H15NO3/c1-16-10-4-5-11-12(7-10)17-8-9-3-2-6-14(9)13(11)15/h4-5,7,9H,2-3,6,8H2,1H3/t9-/m0/s1. The van der Waals surface area contributed by atoms with Crippen LogP contribution in [0.2, 0.25) is 0 Å². The topological polar surface area (TPSA) is 38.8 Å². The van der Waals surface area contributed by atoms with Crippen molar-refractivity contribution in [3.8, 4) is 11.5 Å². The van der Waals surface area contributed by atoms with E-state index in [-0.39, 0.29) is 11.9 Å². The van der Waals surface area contributed by atoms with Crippen LogP contribution in [0.25, 0.3) is 0 Å². The summed E-state index contributed by atoms with van der Waals surface area (Å²) < 4.78 is 10.9. The van der Waals surface area contributed by atoms with Crippen LogP contribution in [-0.4, -0.2) is 37.1 Å². The van der Waals surface area contributed by atoms with Gasteiger partial charge in [-0.25, -0.2) is 0 Å². The third-order valence-corrected chi connectivity index (χ3v) is 3.49. The minimum atomic E-state index is 0.0858. The third kappa shape index (κ3) is 1.64. The Hall–Kier alpha value is -1.71. The molecule has 1 amide bonds.